The van der Waals surface area contributed by atoms with Crippen molar-refractivity contribution in [3.63, 3.8) is 0 Å². The van der Waals surface area contributed by atoms with E-state index in [1.54, 1.807) is 11.6 Å². The number of nitrogens with zero attached hydrogens (tertiary/aromatic N) is 2. The van der Waals surface area contributed by atoms with Gasteiger partial charge in [-0.05, 0) is 43.4 Å². The fraction of sp³-hybridized carbons (Fsp3) is 0.500. The SMILES string of the molecule is CC(Oc1nn(C)c2ccccc12)C(=O)NC1CCSCC1. The first-order valence-electron chi connectivity index (χ1n) is 7.61. The largest absolute Gasteiger partial charge is 0.463 e. The fourth-order valence-electron chi connectivity index (χ4n) is 2.65. The van der Waals surface area contributed by atoms with Crippen molar-refractivity contribution >= 4 is 28.6 Å². The first-order chi connectivity index (χ1) is 10.6. The average molecular weight is 319 g/mol. The summed E-state index contributed by atoms with van der Waals surface area (Å²) >= 11 is 1.95. The van der Waals surface area contributed by atoms with Gasteiger partial charge in [-0.3, -0.25) is 9.48 Å². The molecular weight excluding hydrogens is 298 g/mol. The predicted molar refractivity (Wildman–Crippen MR) is 89.3 cm³/mol. The van der Waals surface area contributed by atoms with Crippen molar-refractivity contribution in [1.29, 1.82) is 0 Å². The lowest BCUT2D eigenvalue weighted by molar-refractivity contribution is -0.128. The van der Waals surface area contributed by atoms with E-state index in [1.165, 1.54) is 0 Å². The van der Waals surface area contributed by atoms with Crippen LogP contribution in [-0.4, -0.2) is 39.3 Å². The minimum atomic E-state index is -0.548. The normalized spacial score (nSPS) is 17.4. The van der Waals surface area contributed by atoms with Crippen LogP contribution in [0.3, 0.4) is 0 Å². The van der Waals surface area contributed by atoms with E-state index in [0.717, 1.165) is 35.3 Å². The van der Waals surface area contributed by atoms with Gasteiger partial charge in [-0.15, -0.1) is 5.10 Å². The Bertz CT molecular complexity index is 664. The minimum absolute atomic E-state index is 0.0633. The Morgan fingerprint density at radius 3 is 2.91 bits per heavy atom. The topological polar surface area (TPSA) is 56.2 Å². The van der Waals surface area contributed by atoms with Gasteiger partial charge in [0, 0.05) is 13.1 Å². The highest BCUT2D eigenvalue weighted by molar-refractivity contribution is 7.99. The molecule has 0 aliphatic carbocycles. The van der Waals surface area contributed by atoms with Crippen molar-refractivity contribution < 1.29 is 9.53 Å². The highest BCUT2D eigenvalue weighted by Crippen LogP contribution is 2.25. The average Bonchev–Trinajstić information content (AvgIpc) is 2.85. The summed E-state index contributed by atoms with van der Waals surface area (Å²) in [6, 6.07) is 8.13. The predicted octanol–water partition coefficient (Wildman–Crippen LogP) is 2.35. The maximum Gasteiger partial charge on any atom is 0.261 e. The smallest absolute Gasteiger partial charge is 0.261 e. The molecule has 22 heavy (non-hydrogen) atoms. The van der Waals surface area contributed by atoms with Crippen LogP contribution in [-0.2, 0) is 11.8 Å². The van der Waals surface area contributed by atoms with Gasteiger partial charge in [0.2, 0.25) is 5.88 Å². The van der Waals surface area contributed by atoms with Crippen LogP contribution in [0.4, 0.5) is 0 Å². The minimum Gasteiger partial charge on any atom is -0.463 e. The van der Waals surface area contributed by atoms with Crippen molar-refractivity contribution in [1.82, 2.24) is 15.1 Å². The number of aromatic nitrogens is 2. The van der Waals surface area contributed by atoms with E-state index < -0.39 is 6.10 Å². The van der Waals surface area contributed by atoms with Crippen LogP contribution in [0, 0.1) is 0 Å². The summed E-state index contributed by atoms with van der Waals surface area (Å²) in [5, 5.41) is 8.38. The Hall–Kier alpha value is -1.69. The van der Waals surface area contributed by atoms with Gasteiger partial charge >= 0.3 is 0 Å². The quantitative estimate of drug-likeness (QED) is 0.940. The molecule has 2 aromatic rings. The maximum absolute atomic E-state index is 12.3. The summed E-state index contributed by atoms with van der Waals surface area (Å²) in [6.45, 7) is 1.77. The van der Waals surface area contributed by atoms with Crippen LogP contribution in [0.1, 0.15) is 19.8 Å². The van der Waals surface area contributed by atoms with Gasteiger partial charge in [0.25, 0.3) is 5.91 Å². The number of hydrogen-bond acceptors (Lipinski definition) is 4. The number of amides is 1. The van der Waals surface area contributed by atoms with E-state index in [9.17, 15) is 4.79 Å². The lowest BCUT2D eigenvalue weighted by atomic mass is 10.1. The zero-order valence-electron chi connectivity index (χ0n) is 12.9. The molecule has 1 amide bonds. The van der Waals surface area contributed by atoms with Crippen LogP contribution in [0.15, 0.2) is 24.3 Å². The molecule has 1 saturated heterocycles. The Balaban J connectivity index is 1.67. The molecule has 1 aromatic heterocycles. The van der Waals surface area contributed by atoms with E-state index >= 15 is 0 Å². The van der Waals surface area contributed by atoms with Crippen LogP contribution in [0.25, 0.3) is 10.9 Å². The Morgan fingerprint density at radius 1 is 1.41 bits per heavy atom. The van der Waals surface area contributed by atoms with Crippen LogP contribution in [0.2, 0.25) is 0 Å². The summed E-state index contributed by atoms with van der Waals surface area (Å²) in [5.74, 6) is 2.68. The highest BCUT2D eigenvalue weighted by atomic mass is 32.2. The van der Waals surface area contributed by atoms with Gasteiger partial charge < -0.3 is 10.1 Å². The Morgan fingerprint density at radius 2 is 2.14 bits per heavy atom. The summed E-state index contributed by atoms with van der Waals surface area (Å²) < 4.78 is 7.57. The molecule has 118 valence electrons. The standard InChI is InChI=1S/C16H21N3O2S/c1-11(15(20)17-12-7-9-22-10-8-12)21-16-13-5-3-4-6-14(13)19(2)18-16/h3-6,11-12H,7-10H2,1-2H3,(H,17,20). The number of thioether (sulfide) groups is 1. The fourth-order valence-corrected chi connectivity index (χ4v) is 3.76. The zero-order valence-corrected chi connectivity index (χ0v) is 13.7. The lowest BCUT2D eigenvalue weighted by Crippen LogP contribution is -2.44. The molecule has 0 bridgehead atoms. The van der Waals surface area contributed by atoms with E-state index in [2.05, 4.69) is 10.4 Å². The number of fused-ring (bicyclic) bond motifs is 1. The number of ether oxygens (including phenoxy) is 1. The van der Waals surface area contributed by atoms with Crippen LogP contribution in [0.5, 0.6) is 5.88 Å². The number of carbonyl (C=O) groups excluding carboxylic acids is 1. The van der Waals surface area contributed by atoms with Crippen molar-refractivity contribution in [2.24, 2.45) is 7.05 Å². The molecule has 0 spiro atoms. The van der Waals surface area contributed by atoms with Gasteiger partial charge in [-0.2, -0.15) is 11.8 Å². The number of nitrogens with one attached hydrogen (secondary N) is 1. The summed E-state index contributed by atoms with van der Waals surface area (Å²) in [4.78, 5) is 12.3. The number of hydrogen-bond donors (Lipinski definition) is 1. The molecule has 0 radical (unpaired) electrons. The molecule has 1 fully saturated rings. The van der Waals surface area contributed by atoms with E-state index in [0.29, 0.717) is 5.88 Å². The molecule has 3 rings (SSSR count). The summed E-state index contributed by atoms with van der Waals surface area (Å²) in [7, 11) is 1.87. The molecule has 0 saturated carbocycles. The van der Waals surface area contributed by atoms with Crippen molar-refractivity contribution in [3.8, 4) is 5.88 Å². The first kappa shape index (κ1) is 15.2. The molecule has 5 nitrogen and oxygen atoms in total. The molecule has 1 aromatic carbocycles. The third-order valence-corrected chi connectivity index (χ3v) is 5.00. The number of carbonyl (C=O) groups is 1. The van der Waals surface area contributed by atoms with Crippen molar-refractivity contribution in [3.05, 3.63) is 24.3 Å². The molecule has 1 unspecified atom stereocenters. The summed E-state index contributed by atoms with van der Waals surface area (Å²) in [5.41, 5.74) is 0.995. The number of para-hydroxylation sites is 1. The molecule has 2 heterocycles. The number of rotatable bonds is 4. The highest BCUT2D eigenvalue weighted by Gasteiger charge is 2.22. The molecule has 1 aliphatic rings. The summed E-state index contributed by atoms with van der Waals surface area (Å²) in [6.07, 6.45) is 1.53. The Labute approximate surface area is 134 Å². The Kier molecular flexibility index (Phi) is 4.57. The first-order valence-corrected chi connectivity index (χ1v) is 8.77. The van der Waals surface area contributed by atoms with Gasteiger partial charge in [0.1, 0.15) is 0 Å². The van der Waals surface area contributed by atoms with Crippen LogP contribution < -0.4 is 10.1 Å². The van der Waals surface area contributed by atoms with Gasteiger partial charge in [-0.1, -0.05) is 12.1 Å². The van der Waals surface area contributed by atoms with Gasteiger partial charge in [0.15, 0.2) is 6.10 Å². The second-order valence-corrected chi connectivity index (χ2v) is 6.83. The van der Waals surface area contributed by atoms with Gasteiger partial charge in [-0.25, -0.2) is 0 Å². The second kappa shape index (κ2) is 6.60. The molecular formula is C16H21N3O2S. The zero-order chi connectivity index (χ0) is 15.5. The third-order valence-electron chi connectivity index (χ3n) is 3.95. The third kappa shape index (κ3) is 3.21. The second-order valence-electron chi connectivity index (χ2n) is 5.60. The molecule has 6 heteroatoms. The van der Waals surface area contributed by atoms with Gasteiger partial charge in [0.05, 0.1) is 10.9 Å². The molecule has 1 N–H and O–H groups in total. The lowest BCUT2D eigenvalue weighted by Gasteiger charge is -2.24. The van der Waals surface area contributed by atoms with Crippen molar-refractivity contribution in [2.45, 2.75) is 31.9 Å². The molecule has 1 aliphatic heterocycles. The van der Waals surface area contributed by atoms with E-state index in [1.807, 2.05) is 43.1 Å². The van der Waals surface area contributed by atoms with Crippen LogP contribution >= 0.6 is 11.8 Å². The van der Waals surface area contributed by atoms with E-state index in [4.69, 9.17) is 4.74 Å². The monoisotopic (exact) mass is 319 g/mol. The maximum atomic E-state index is 12.3. The number of benzene rings is 1. The molecule has 1 atom stereocenters. The number of aryl methyl sites for hydroxylation is 1. The van der Waals surface area contributed by atoms with E-state index in [-0.39, 0.29) is 11.9 Å². The van der Waals surface area contributed by atoms with Crippen molar-refractivity contribution in [2.75, 3.05) is 11.5 Å².